The number of imide groups is 2. The van der Waals surface area contributed by atoms with Crippen molar-refractivity contribution in [1.29, 1.82) is 0 Å². The maximum Gasteiger partial charge on any atom is 0.410 e. The van der Waals surface area contributed by atoms with E-state index in [-0.39, 0.29) is 61.5 Å². The maximum absolute atomic E-state index is 12.3. The Morgan fingerprint density at radius 3 is 1.31 bits per heavy atom. The summed E-state index contributed by atoms with van der Waals surface area (Å²) in [5, 5.41) is 8.71. The Hall–Kier alpha value is -4.92. The standard InChI is InChI=1S/C18H23N3O6S.C14H15N3O6S/c1-18(2,3)27-17(24)20-10-12(11-20)19-28(25,26)9-8-21-15(22)13-6-4-5-7-14(13)16(21)23;18-12-10-3-1-2-4-11(10)13(19)17(12)5-6-24(22,23)15-9-7-16(8-9)14(20)21/h4-7,12,19H,8-11H2,1-3H3;1-4,9,15H,5-8H2,(H,20,21). The zero-order valence-electron chi connectivity index (χ0n) is 28.5. The minimum absolute atomic E-state index is 0.0849. The largest absolute Gasteiger partial charge is 0.465 e. The van der Waals surface area contributed by atoms with Gasteiger partial charge in [0.05, 0.1) is 45.8 Å². The van der Waals surface area contributed by atoms with Crippen molar-refractivity contribution in [2.45, 2.75) is 38.5 Å². The Labute approximate surface area is 299 Å². The Morgan fingerprint density at radius 1 is 0.673 bits per heavy atom. The number of ether oxygens (including phenoxy) is 1. The second-order valence-electron chi connectivity index (χ2n) is 13.5. The third-order valence-corrected chi connectivity index (χ3v) is 11.1. The van der Waals surface area contributed by atoms with Crippen LogP contribution < -0.4 is 9.44 Å². The van der Waals surface area contributed by atoms with Crippen LogP contribution in [-0.2, 0) is 24.8 Å². The third kappa shape index (κ3) is 8.75. The van der Waals surface area contributed by atoms with Crippen molar-refractivity contribution >= 4 is 55.9 Å². The topological polar surface area (TPSA) is 237 Å². The lowest BCUT2D eigenvalue weighted by Crippen LogP contribution is -2.62. The van der Waals surface area contributed by atoms with Crippen LogP contribution in [0.2, 0.25) is 0 Å². The van der Waals surface area contributed by atoms with Gasteiger partial charge in [0.25, 0.3) is 23.6 Å². The molecule has 2 fully saturated rings. The number of rotatable bonds is 10. The van der Waals surface area contributed by atoms with E-state index in [2.05, 4.69) is 9.44 Å². The van der Waals surface area contributed by atoms with Gasteiger partial charge in [-0.3, -0.25) is 29.0 Å². The van der Waals surface area contributed by atoms with Crippen LogP contribution in [0.4, 0.5) is 9.59 Å². The molecular formula is C32H38N6O12S2. The van der Waals surface area contributed by atoms with Gasteiger partial charge in [0.2, 0.25) is 20.0 Å². The summed E-state index contributed by atoms with van der Waals surface area (Å²) in [6, 6.07) is 11.8. The molecule has 20 heteroatoms. The first-order valence-electron chi connectivity index (χ1n) is 16.1. The number of nitrogens with zero attached hydrogens (tertiary/aromatic N) is 4. The summed E-state index contributed by atoms with van der Waals surface area (Å²) < 4.78 is 58.7. The fourth-order valence-corrected chi connectivity index (χ4v) is 8.07. The Kier molecular flexibility index (Phi) is 10.8. The molecule has 18 nitrogen and oxygen atoms in total. The second kappa shape index (κ2) is 14.6. The maximum atomic E-state index is 12.3. The van der Waals surface area contributed by atoms with E-state index in [1.165, 1.54) is 17.0 Å². The van der Waals surface area contributed by atoms with Crippen molar-refractivity contribution in [3.05, 3.63) is 70.8 Å². The zero-order valence-corrected chi connectivity index (χ0v) is 30.1. The average Bonchev–Trinajstić information content (AvgIpc) is 3.41. The molecule has 6 rings (SSSR count). The van der Waals surface area contributed by atoms with Crippen LogP contribution in [0.15, 0.2) is 48.5 Å². The van der Waals surface area contributed by atoms with Gasteiger partial charge in [0.15, 0.2) is 0 Å². The average molecular weight is 763 g/mol. The molecule has 3 N–H and O–H groups in total. The molecular weight excluding hydrogens is 725 g/mol. The quantitative estimate of drug-likeness (QED) is 0.279. The number of sulfonamides is 2. The highest BCUT2D eigenvalue weighted by Crippen LogP contribution is 2.24. The van der Waals surface area contributed by atoms with Crippen LogP contribution >= 0.6 is 0 Å². The van der Waals surface area contributed by atoms with Gasteiger partial charge in [-0.2, -0.15) is 0 Å². The molecule has 0 spiro atoms. The van der Waals surface area contributed by atoms with Gasteiger partial charge >= 0.3 is 12.2 Å². The van der Waals surface area contributed by atoms with Crippen molar-refractivity contribution in [2.75, 3.05) is 50.8 Å². The van der Waals surface area contributed by atoms with Crippen LogP contribution in [-0.4, -0.2) is 146 Å². The summed E-state index contributed by atoms with van der Waals surface area (Å²) in [5.41, 5.74) is 0.483. The lowest BCUT2D eigenvalue weighted by atomic mass is 10.1. The van der Waals surface area contributed by atoms with Gasteiger partial charge in [0, 0.05) is 39.3 Å². The lowest BCUT2D eigenvalue weighted by Gasteiger charge is -2.39. The first-order valence-corrected chi connectivity index (χ1v) is 19.4. The first kappa shape index (κ1) is 38.3. The van der Waals surface area contributed by atoms with E-state index < -0.39 is 85.1 Å². The molecule has 0 bridgehead atoms. The molecule has 0 aromatic heterocycles. The Bertz CT molecular complexity index is 1950. The van der Waals surface area contributed by atoms with Crippen molar-refractivity contribution < 1.29 is 55.4 Å². The van der Waals surface area contributed by atoms with Crippen molar-refractivity contribution in [2.24, 2.45) is 0 Å². The van der Waals surface area contributed by atoms with E-state index in [0.717, 1.165) is 14.7 Å². The molecule has 0 atom stereocenters. The molecule has 0 aliphatic carbocycles. The molecule has 2 saturated heterocycles. The number of carbonyl (C=O) groups is 6. The lowest BCUT2D eigenvalue weighted by molar-refractivity contribution is 0.00730. The van der Waals surface area contributed by atoms with E-state index in [1.807, 2.05) is 0 Å². The predicted molar refractivity (Wildman–Crippen MR) is 182 cm³/mol. The Morgan fingerprint density at radius 2 is 1.00 bits per heavy atom. The summed E-state index contributed by atoms with van der Waals surface area (Å²) in [7, 11) is -7.45. The molecule has 0 radical (unpaired) electrons. The minimum atomic E-state index is -3.73. The first-order chi connectivity index (χ1) is 24.2. The van der Waals surface area contributed by atoms with Crippen molar-refractivity contribution in [1.82, 2.24) is 29.0 Å². The van der Waals surface area contributed by atoms with E-state index in [0.29, 0.717) is 0 Å². The molecule has 4 heterocycles. The number of hydrogen-bond donors (Lipinski definition) is 3. The third-order valence-electron chi connectivity index (χ3n) is 8.30. The number of nitrogens with one attached hydrogen (secondary N) is 2. The summed E-state index contributed by atoms with van der Waals surface area (Å²) in [6.07, 6.45) is -1.59. The summed E-state index contributed by atoms with van der Waals surface area (Å²) in [6.45, 7) is 5.37. The number of benzene rings is 2. The fourth-order valence-electron chi connectivity index (χ4n) is 5.67. The van der Waals surface area contributed by atoms with Crippen LogP contribution in [0.3, 0.4) is 0 Å². The fraction of sp³-hybridized carbons (Fsp3) is 0.438. The van der Waals surface area contributed by atoms with Gasteiger partial charge in [-0.25, -0.2) is 35.9 Å². The number of likely N-dealkylation sites (tertiary alicyclic amines) is 2. The van der Waals surface area contributed by atoms with E-state index in [1.54, 1.807) is 57.2 Å². The highest BCUT2D eigenvalue weighted by molar-refractivity contribution is 7.89. The van der Waals surface area contributed by atoms with Crippen LogP contribution in [0.5, 0.6) is 0 Å². The minimum Gasteiger partial charge on any atom is -0.465 e. The summed E-state index contributed by atoms with van der Waals surface area (Å²) in [5.74, 6) is -2.83. The van der Waals surface area contributed by atoms with E-state index >= 15 is 0 Å². The van der Waals surface area contributed by atoms with Gasteiger partial charge in [-0.15, -0.1) is 0 Å². The summed E-state index contributed by atoms with van der Waals surface area (Å²) >= 11 is 0. The van der Waals surface area contributed by atoms with Crippen LogP contribution in [0, 0.1) is 0 Å². The summed E-state index contributed by atoms with van der Waals surface area (Å²) in [4.78, 5) is 75.7. The van der Waals surface area contributed by atoms with Crippen molar-refractivity contribution in [3.8, 4) is 0 Å². The number of amides is 6. The molecule has 6 amide bonds. The normalized spacial score (nSPS) is 17.7. The Balaban J connectivity index is 0.000000203. The SMILES string of the molecule is CC(C)(C)OC(=O)N1CC(NS(=O)(=O)CCN2C(=O)c3ccccc3C2=O)C1.O=C(O)N1CC(NS(=O)(=O)CCN2C(=O)c3ccccc3C2=O)C1. The number of fused-ring (bicyclic) bond motifs is 2. The van der Waals surface area contributed by atoms with Crippen LogP contribution in [0.1, 0.15) is 62.2 Å². The number of hydrogen-bond acceptors (Lipinski definition) is 11. The molecule has 280 valence electrons. The van der Waals surface area contributed by atoms with Gasteiger partial charge in [-0.05, 0) is 45.0 Å². The number of carboxylic acid groups (broad SMARTS) is 1. The molecule has 52 heavy (non-hydrogen) atoms. The molecule has 4 aliphatic rings. The van der Waals surface area contributed by atoms with Gasteiger partial charge < -0.3 is 19.6 Å². The van der Waals surface area contributed by atoms with Crippen LogP contribution in [0.25, 0.3) is 0 Å². The second-order valence-corrected chi connectivity index (χ2v) is 17.2. The van der Waals surface area contributed by atoms with Gasteiger partial charge in [-0.1, -0.05) is 24.3 Å². The van der Waals surface area contributed by atoms with Gasteiger partial charge in [0.1, 0.15) is 5.60 Å². The highest BCUT2D eigenvalue weighted by Gasteiger charge is 2.39. The van der Waals surface area contributed by atoms with Crippen molar-refractivity contribution in [3.63, 3.8) is 0 Å². The number of carbonyl (C=O) groups excluding carboxylic acids is 5. The molecule has 2 aromatic rings. The van der Waals surface area contributed by atoms with E-state index in [4.69, 9.17) is 9.84 Å². The predicted octanol–water partition coefficient (Wildman–Crippen LogP) is 0.386. The monoisotopic (exact) mass is 762 g/mol. The smallest absolute Gasteiger partial charge is 0.410 e. The molecule has 2 aromatic carbocycles. The molecule has 0 unspecified atom stereocenters. The zero-order chi connectivity index (χ0) is 38.2. The highest BCUT2D eigenvalue weighted by atomic mass is 32.2. The van der Waals surface area contributed by atoms with E-state index in [9.17, 15) is 45.6 Å². The molecule has 4 aliphatic heterocycles. The molecule has 0 saturated carbocycles.